The number of sulfonamides is 1. The van der Waals surface area contributed by atoms with Crippen molar-refractivity contribution in [2.24, 2.45) is 10.3 Å². The Morgan fingerprint density at radius 1 is 1.17 bits per heavy atom. The van der Waals surface area contributed by atoms with E-state index >= 15 is 0 Å². The average Bonchev–Trinajstić information content (AvgIpc) is 2.92. The van der Waals surface area contributed by atoms with Gasteiger partial charge in [-0.2, -0.15) is 8.42 Å². The number of para-hydroxylation sites is 1. The van der Waals surface area contributed by atoms with E-state index in [4.69, 9.17) is 16.3 Å². The minimum atomic E-state index is -4.37. The summed E-state index contributed by atoms with van der Waals surface area (Å²) in [4.78, 5) is 29.2. The van der Waals surface area contributed by atoms with Crippen LogP contribution in [0.4, 0.5) is 5.69 Å². The number of nitrogens with zero attached hydrogens (tertiary/aromatic N) is 3. The van der Waals surface area contributed by atoms with Crippen LogP contribution in [-0.2, 0) is 14.8 Å². The van der Waals surface area contributed by atoms with E-state index in [-0.39, 0.29) is 50.2 Å². The van der Waals surface area contributed by atoms with Gasteiger partial charge in [0.15, 0.2) is 5.84 Å². The lowest BCUT2D eigenvalue weighted by molar-refractivity contribution is 0.0600. The molecule has 5 rings (SSSR count). The molecule has 1 aliphatic heterocycles. The number of nitrogens with one attached hydrogen (secondary N) is 2. The van der Waals surface area contributed by atoms with Crippen molar-refractivity contribution in [1.29, 1.82) is 0 Å². The van der Waals surface area contributed by atoms with Gasteiger partial charge in [-0.25, -0.2) is 14.5 Å². The topological polar surface area (TPSA) is 161 Å². The van der Waals surface area contributed by atoms with Crippen LogP contribution in [0.5, 0.6) is 17.4 Å². The molecule has 0 radical (unpaired) electrons. The Morgan fingerprint density at radius 3 is 2.66 bits per heavy atom. The Balaban J connectivity index is 1.55. The first-order valence-electron chi connectivity index (χ1n) is 12.3. The summed E-state index contributed by atoms with van der Waals surface area (Å²) in [6, 6.07) is 13.4. The molecule has 3 heterocycles. The Kier molecular flexibility index (Phi) is 7.32. The van der Waals surface area contributed by atoms with Crippen molar-refractivity contribution >= 4 is 50.0 Å². The molecule has 2 aromatic heterocycles. The first kappa shape index (κ1) is 27.9. The highest BCUT2D eigenvalue weighted by Crippen LogP contribution is 2.35. The number of methoxy groups -OCH3 is 1. The van der Waals surface area contributed by atoms with E-state index in [2.05, 4.69) is 24.9 Å². The molecule has 41 heavy (non-hydrogen) atoms. The molecule has 0 fully saturated rings. The van der Waals surface area contributed by atoms with Crippen LogP contribution in [0.15, 0.2) is 68.7 Å². The number of rotatable bonds is 7. The molecule has 14 heteroatoms. The molecule has 4 aromatic rings. The number of hydrogen-bond acceptors (Lipinski definition) is 10. The first-order valence-corrected chi connectivity index (χ1v) is 14.1. The zero-order chi connectivity index (χ0) is 29.5. The van der Waals surface area contributed by atoms with Crippen molar-refractivity contribution < 1.29 is 27.8 Å². The van der Waals surface area contributed by atoms with Gasteiger partial charge in [0, 0.05) is 24.1 Å². The summed E-state index contributed by atoms with van der Waals surface area (Å²) < 4.78 is 42.0. The van der Waals surface area contributed by atoms with Crippen molar-refractivity contribution in [3.05, 3.63) is 81.2 Å². The van der Waals surface area contributed by atoms with Gasteiger partial charge in [0.2, 0.25) is 5.88 Å². The number of aromatic nitrogens is 2. The van der Waals surface area contributed by atoms with Crippen LogP contribution in [0.1, 0.15) is 29.8 Å². The van der Waals surface area contributed by atoms with Gasteiger partial charge in [0.05, 0.1) is 23.9 Å². The lowest BCUT2D eigenvalue weighted by Gasteiger charge is -2.22. The number of anilines is 1. The van der Waals surface area contributed by atoms with Gasteiger partial charge in [-0.3, -0.25) is 4.79 Å². The van der Waals surface area contributed by atoms with Gasteiger partial charge in [-0.1, -0.05) is 37.6 Å². The second kappa shape index (κ2) is 10.7. The number of esters is 1. The molecular weight excluding hydrogens is 574 g/mol. The Labute approximate surface area is 239 Å². The molecule has 1 aliphatic rings. The smallest absolute Gasteiger partial charge is 0.338 e. The highest BCUT2D eigenvalue weighted by Gasteiger charge is 2.30. The molecule has 0 bridgehead atoms. The second-order valence-electron chi connectivity index (χ2n) is 9.45. The number of hydrogen-bond donors (Lipinski definition) is 3. The molecule has 0 aliphatic carbocycles. The summed E-state index contributed by atoms with van der Waals surface area (Å²) in [6.07, 6.45) is 0. The van der Waals surface area contributed by atoms with Crippen LogP contribution < -0.4 is 21.0 Å². The maximum absolute atomic E-state index is 13.6. The maximum atomic E-state index is 13.6. The number of amidine groups is 1. The summed E-state index contributed by atoms with van der Waals surface area (Å²) in [7, 11) is -3.16. The predicted molar refractivity (Wildman–Crippen MR) is 153 cm³/mol. The third kappa shape index (κ3) is 5.41. The number of ether oxygens (including phenoxy) is 2. The lowest BCUT2D eigenvalue weighted by atomic mass is 10.1. The fourth-order valence-electron chi connectivity index (χ4n) is 4.16. The third-order valence-electron chi connectivity index (χ3n) is 6.06. The van der Waals surface area contributed by atoms with Gasteiger partial charge in [0.1, 0.15) is 27.1 Å². The highest BCUT2D eigenvalue weighted by atomic mass is 35.5. The van der Waals surface area contributed by atoms with Crippen LogP contribution in [0, 0.1) is 5.92 Å². The van der Waals surface area contributed by atoms with Crippen molar-refractivity contribution in [1.82, 2.24) is 9.66 Å². The van der Waals surface area contributed by atoms with Gasteiger partial charge in [0.25, 0.3) is 15.6 Å². The number of halogens is 1. The minimum absolute atomic E-state index is 0.0341. The molecule has 2 aromatic carbocycles. The van der Waals surface area contributed by atoms with Crippen molar-refractivity contribution in [2.45, 2.75) is 18.7 Å². The van der Waals surface area contributed by atoms with Gasteiger partial charge in [-0.05, 0) is 36.2 Å². The van der Waals surface area contributed by atoms with E-state index in [1.807, 2.05) is 13.8 Å². The van der Waals surface area contributed by atoms with E-state index in [1.165, 1.54) is 42.1 Å². The number of benzene rings is 2. The Morgan fingerprint density at radius 2 is 1.93 bits per heavy atom. The van der Waals surface area contributed by atoms with Gasteiger partial charge >= 0.3 is 5.97 Å². The number of pyridine rings is 2. The molecule has 0 amide bonds. The van der Waals surface area contributed by atoms with Crippen LogP contribution in [0.25, 0.3) is 10.9 Å². The molecule has 0 saturated heterocycles. The normalized spacial score (nSPS) is 13.7. The predicted octanol–water partition coefficient (Wildman–Crippen LogP) is 4.09. The van der Waals surface area contributed by atoms with Crippen LogP contribution in [0.3, 0.4) is 0 Å². The Hall–Kier alpha value is -4.62. The molecule has 12 nitrogen and oxygen atoms in total. The molecule has 212 valence electrons. The third-order valence-corrected chi connectivity index (χ3v) is 7.57. The number of aromatic hydroxyl groups is 1. The summed E-state index contributed by atoms with van der Waals surface area (Å²) in [5.41, 5.74) is 2.67. The molecule has 0 unspecified atom stereocenters. The zero-order valence-electron chi connectivity index (χ0n) is 22.0. The maximum Gasteiger partial charge on any atom is 0.338 e. The zero-order valence-corrected chi connectivity index (χ0v) is 23.6. The molecule has 0 atom stereocenters. The van der Waals surface area contributed by atoms with E-state index in [0.717, 1.165) is 0 Å². The summed E-state index contributed by atoms with van der Waals surface area (Å²) in [6.45, 7) is 4.38. The highest BCUT2D eigenvalue weighted by molar-refractivity contribution is 7.90. The molecule has 0 saturated carbocycles. The van der Waals surface area contributed by atoms with Gasteiger partial charge in [-0.15, -0.1) is 4.40 Å². The quantitative estimate of drug-likeness (QED) is 0.209. The fourth-order valence-corrected chi connectivity index (χ4v) is 5.50. The van der Waals surface area contributed by atoms with Crippen molar-refractivity contribution in [3.8, 4) is 17.4 Å². The molecule has 3 N–H and O–H groups in total. The summed E-state index contributed by atoms with van der Waals surface area (Å²) in [5, 5.41) is 14.2. The van der Waals surface area contributed by atoms with E-state index in [9.17, 15) is 23.1 Å². The standard InChI is InChI=1S/C27H24ClN5O7S/c1-14(2)13-29-33-19-7-5-4-6-17(19)24(34)23(26(33)35)25-30-18-9-8-16(12-20(18)41(37,38)32-25)40-22-11-15(27(36)39-3)10-21(28)31-22/h4-12,14,29,34H,13H2,1-3H3,(H,30,32). The summed E-state index contributed by atoms with van der Waals surface area (Å²) in [5.74, 6) is -1.22. The minimum Gasteiger partial charge on any atom is -0.506 e. The molecular formula is C27H24ClN5O7S. The van der Waals surface area contributed by atoms with Crippen LogP contribution >= 0.6 is 11.6 Å². The molecule has 0 spiro atoms. The van der Waals surface area contributed by atoms with E-state index < -0.39 is 27.3 Å². The lowest BCUT2D eigenvalue weighted by Crippen LogP contribution is -2.37. The second-order valence-corrected chi connectivity index (χ2v) is 11.4. The number of carbonyl (C=O) groups is 1. The van der Waals surface area contributed by atoms with Crippen LogP contribution in [-0.4, -0.2) is 48.6 Å². The van der Waals surface area contributed by atoms with E-state index in [0.29, 0.717) is 17.4 Å². The van der Waals surface area contributed by atoms with Crippen LogP contribution in [0.2, 0.25) is 5.15 Å². The number of fused-ring (bicyclic) bond motifs is 2. The fraction of sp³-hybridized carbons (Fsp3) is 0.185. The van der Waals surface area contributed by atoms with Gasteiger partial charge < -0.3 is 25.3 Å². The average molecular weight is 598 g/mol. The number of carbonyl (C=O) groups excluding carboxylic acids is 1. The van der Waals surface area contributed by atoms with Crippen molar-refractivity contribution in [3.63, 3.8) is 0 Å². The monoisotopic (exact) mass is 597 g/mol. The Bertz CT molecular complexity index is 1900. The summed E-state index contributed by atoms with van der Waals surface area (Å²) >= 11 is 5.99. The van der Waals surface area contributed by atoms with Crippen molar-refractivity contribution in [2.75, 3.05) is 24.4 Å². The SMILES string of the molecule is COC(=O)c1cc(Cl)nc(Oc2ccc3c(c2)S(=O)(=O)N=C(c2c(O)c4ccccc4n(NCC(C)C)c2=O)N3)c1. The van der Waals surface area contributed by atoms with E-state index in [1.54, 1.807) is 24.3 Å². The largest absolute Gasteiger partial charge is 0.506 e. The first-order chi connectivity index (χ1) is 19.5.